The molecule has 0 saturated carbocycles. The van der Waals surface area contributed by atoms with Gasteiger partial charge in [-0.05, 0) is 45.0 Å². The molecule has 3 nitrogen and oxygen atoms in total. The second kappa shape index (κ2) is 6.49. The average molecular weight is 297 g/mol. The van der Waals surface area contributed by atoms with Crippen LogP contribution >= 0.6 is 0 Å². The van der Waals surface area contributed by atoms with Gasteiger partial charge in [0.2, 0.25) is 5.78 Å². The SMILES string of the molecule is Cc1ccc(-c2ccc(C(=O)C(C)CN3CCCC3)o2)cc1. The van der Waals surface area contributed by atoms with Gasteiger partial charge in [-0.25, -0.2) is 0 Å². The summed E-state index contributed by atoms with van der Waals surface area (Å²) in [6.45, 7) is 7.11. The molecule has 0 amide bonds. The number of furan rings is 1. The lowest BCUT2D eigenvalue weighted by atomic mass is 10.0. The van der Waals surface area contributed by atoms with Gasteiger partial charge in [0, 0.05) is 18.0 Å². The van der Waals surface area contributed by atoms with Gasteiger partial charge in [0.15, 0.2) is 5.76 Å². The fourth-order valence-corrected chi connectivity index (χ4v) is 3.02. The largest absolute Gasteiger partial charge is 0.453 e. The number of aryl methyl sites for hydroxylation is 1. The first-order chi connectivity index (χ1) is 10.6. The molecule has 1 aliphatic rings. The minimum absolute atomic E-state index is 0.0184. The van der Waals surface area contributed by atoms with E-state index in [-0.39, 0.29) is 11.7 Å². The highest BCUT2D eigenvalue weighted by Crippen LogP contribution is 2.24. The van der Waals surface area contributed by atoms with Gasteiger partial charge in [0.25, 0.3) is 0 Å². The van der Waals surface area contributed by atoms with Crippen molar-refractivity contribution in [3.63, 3.8) is 0 Å². The van der Waals surface area contributed by atoms with Gasteiger partial charge in [-0.15, -0.1) is 0 Å². The summed E-state index contributed by atoms with van der Waals surface area (Å²) in [5.74, 6) is 1.32. The molecule has 0 aliphatic carbocycles. The van der Waals surface area contributed by atoms with E-state index in [1.54, 1.807) is 6.07 Å². The Bertz CT molecular complexity index is 636. The summed E-state index contributed by atoms with van der Waals surface area (Å²) in [5, 5.41) is 0. The molecule has 2 aromatic rings. The lowest BCUT2D eigenvalue weighted by Crippen LogP contribution is -2.29. The number of hydrogen-bond acceptors (Lipinski definition) is 3. The van der Waals surface area contributed by atoms with Crippen LogP contribution in [0.5, 0.6) is 0 Å². The van der Waals surface area contributed by atoms with Crippen LogP contribution in [0.2, 0.25) is 0 Å². The van der Waals surface area contributed by atoms with Crippen molar-refractivity contribution in [2.24, 2.45) is 5.92 Å². The standard InChI is InChI=1S/C19H23NO2/c1-14-5-7-16(8-6-14)17-9-10-18(22-17)19(21)15(2)13-20-11-3-4-12-20/h5-10,15H,3-4,11-13H2,1-2H3. The van der Waals surface area contributed by atoms with E-state index in [0.29, 0.717) is 5.76 Å². The number of nitrogens with zero attached hydrogens (tertiary/aromatic N) is 1. The molecule has 1 aromatic carbocycles. The number of likely N-dealkylation sites (tertiary alicyclic amines) is 1. The van der Waals surface area contributed by atoms with Crippen molar-refractivity contribution in [3.05, 3.63) is 47.7 Å². The van der Waals surface area contributed by atoms with Gasteiger partial charge in [-0.3, -0.25) is 4.79 Å². The summed E-state index contributed by atoms with van der Waals surface area (Å²) in [7, 11) is 0. The molecule has 1 fully saturated rings. The van der Waals surface area contributed by atoms with Crippen molar-refractivity contribution in [1.82, 2.24) is 4.90 Å². The summed E-state index contributed by atoms with van der Waals surface area (Å²) in [6, 6.07) is 11.8. The lowest BCUT2D eigenvalue weighted by Gasteiger charge is -2.18. The average Bonchev–Trinajstić information content (AvgIpc) is 3.18. The zero-order valence-corrected chi connectivity index (χ0v) is 13.3. The van der Waals surface area contributed by atoms with E-state index in [1.165, 1.54) is 18.4 Å². The minimum Gasteiger partial charge on any atom is -0.453 e. The first-order valence-electron chi connectivity index (χ1n) is 8.07. The molecule has 1 aromatic heterocycles. The highest BCUT2D eigenvalue weighted by atomic mass is 16.3. The number of carbonyl (C=O) groups is 1. The molecule has 3 heteroatoms. The molecule has 1 atom stereocenters. The monoisotopic (exact) mass is 297 g/mol. The summed E-state index contributed by atoms with van der Waals surface area (Å²) < 4.78 is 5.79. The molecule has 1 aliphatic heterocycles. The van der Waals surface area contributed by atoms with E-state index in [1.807, 2.05) is 25.1 Å². The normalized spacial score (nSPS) is 16.8. The topological polar surface area (TPSA) is 33.5 Å². The molecule has 22 heavy (non-hydrogen) atoms. The molecule has 116 valence electrons. The van der Waals surface area contributed by atoms with Gasteiger partial charge in [0.05, 0.1) is 0 Å². The smallest absolute Gasteiger partial charge is 0.202 e. The molecular formula is C19H23NO2. The predicted molar refractivity (Wildman–Crippen MR) is 88.0 cm³/mol. The van der Waals surface area contributed by atoms with E-state index >= 15 is 0 Å². The molecule has 0 spiro atoms. The first kappa shape index (κ1) is 15.0. The van der Waals surface area contributed by atoms with Crippen LogP contribution in [0, 0.1) is 12.8 Å². The van der Waals surface area contributed by atoms with E-state index in [9.17, 15) is 4.79 Å². The van der Waals surface area contributed by atoms with Gasteiger partial charge >= 0.3 is 0 Å². The highest BCUT2D eigenvalue weighted by molar-refractivity contribution is 5.95. The van der Waals surface area contributed by atoms with Crippen LogP contribution in [-0.4, -0.2) is 30.3 Å². The Morgan fingerprint density at radius 1 is 1.14 bits per heavy atom. The molecule has 0 N–H and O–H groups in total. The van der Waals surface area contributed by atoms with E-state index in [2.05, 4.69) is 24.0 Å². The maximum atomic E-state index is 12.5. The Morgan fingerprint density at radius 3 is 2.50 bits per heavy atom. The number of hydrogen-bond donors (Lipinski definition) is 0. The van der Waals surface area contributed by atoms with Gasteiger partial charge < -0.3 is 9.32 Å². The molecule has 2 heterocycles. The fourth-order valence-electron chi connectivity index (χ4n) is 3.02. The van der Waals surface area contributed by atoms with Crippen LogP contribution < -0.4 is 0 Å². The third kappa shape index (κ3) is 3.30. The molecule has 0 radical (unpaired) electrons. The molecule has 3 rings (SSSR count). The minimum atomic E-state index is -0.0184. The van der Waals surface area contributed by atoms with Crippen molar-refractivity contribution in [1.29, 1.82) is 0 Å². The number of ketones is 1. The Labute approximate surface area is 131 Å². The quantitative estimate of drug-likeness (QED) is 0.777. The second-order valence-corrected chi connectivity index (χ2v) is 6.30. The van der Waals surface area contributed by atoms with Crippen molar-refractivity contribution < 1.29 is 9.21 Å². The number of benzene rings is 1. The second-order valence-electron chi connectivity index (χ2n) is 6.30. The fraction of sp³-hybridized carbons (Fsp3) is 0.421. The molecule has 1 unspecified atom stereocenters. The van der Waals surface area contributed by atoms with Crippen LogP contribution in [0.1, 0.15) is 35.9 Å². The van der Waals surface area contributed by atoms with Gasteiger partial charge in [-0.2, -0.15) is 0 Å². The van der Waals surface area contributed by atoms with Crippen molar-refractivity contribution >= 4 is 5.78 Å². The van der Waals surface area contributed by atoms with Crippen LogP contribution in [0.15, 0.2) is 40.8 Å². The zero-order valence-electron chi connectivity index (χ0n) is 13.3. The van der Waals surface area contributed by atoms with E-state index in [0.717, 1.165) is 31.0 Å². The molecular weight excluding hydrogens is 274 g/mol. The number of Topliss-reactive ketones (excluding diaryl/α,β-unsaturated/α-hetero) is 1. The van der Waals surface area contributed by atoms with E-state index < -0.39 is 0 Å². The number of carbonyl (C=O) groups excluding carboxylic acids is 1. The Balaban J connectivity index is 1.69. The maximum Gasteiger partial charge on any atom is 0.202 e. The maximum absolute atomic E-state index is 12.5. The van der Waals surface area contributed by atoms with E-state index in [4.69, 9.17) is 4.42 Å². The molecule has 0 bridgehead atoms. The van der Waals surface area contributed by atoms with Gasteiger partial charge in [0.1, 0.15) is 5.76 Å². The third-order valence-electron chi connectivity index (χ3n) is 4.36. The number of rotatable bonds is 5. The summed E-state index contributed by atoms with van der Waals surface area (Å²) in [5.41, 5.74) is 2.22. The third-order valence-corrected chi connectivity index (χ3v) is 4.36. The van der Waals surface area contributed by atoms with Crippen LogP contribution in [0.3, 0.4) is 0 Å². The molecule has 1 saturated heterocycles. The summed E-state index contributed by atoms with van der Waals surface area (Å²) in [6.07, 6.45) is 2.50. The Kier molecular flexibility index (Phi) is 4.44. The van der Waals surface area contributed by atoms with Crippen molar-refractivity contribution in [2.45, 2.75) is 26.7 Å². The van der Waals surface area contributed by atoms with Crippen LogP contribution in [0.25, 0.3) is 11.3 Å². The Hall–Kier alpha value is -1.87. The van der Waals surface area contributed by atoms with Crippen LogP contribution in [-0.2, 0) is 0 Å². The van der Waals surface area contributed by atoms with Crippen LogP contribution in [0.4, 0.5) is 0 Å². The van der Waals surface area contributed by atoms with Crippen molar-refractivity contribution in [2.75, 3.05) is 19.6 Å². The lowest BCUT2D eigenvalue weighted by molar-refractivity contribution is 0.0875. The van der Waals surface area contributed by atoms with Gasteiger partial charge in [-0.1, -0.05) is 36.8 Å². The first-order valence-corrected chi connectivity index (χ1v) is 8.07. The zero-order chi connectivity index (χ0) is 15.5. The van der Waals surface area contributed by atoms with Crippen molar-refractivity contribution in [3.8, 4) is 11.3 Å². The Morgan fingerprint density at radius 2 is 1.82 bits per heavy atom. The summed E-state index contributed by atoms with van der Waals surface area (Å²) >= 11 is 0. The highest BCUT2D eigenvalue weighted by Gasteiger charge is 2.23. The predicted octanol–water partition coefficient (Wildman–Crippen LogP) is 4.17. The summed E-state index contributed by atoms with van der Waals surface area (Å²) in [4.78, 5) is 14.9.